The van der Waals surface area contributed by atoms with Crippen molar-refractivity contribution in [3.05, 3.63) is 108 Å². The lowest BCUT2D eigenvalue weighted by molar-refractivity contribution is 0.552. The van der Waals surface area contributed by atoms with E-state index in [9.17, 15) is 0 Å². The van der Waals surface area contributed by atoms with E-state index in [2.05, 4.69) is 78.9 Å². The molecular weight excluding hydrogens is 340 g/mol. The minimum atomic E-state index is 0.906. The zero-order valence-corrected chi connectivity index (χ0v) is 15.4. The highest BCUT2D eigenvalue weighted by Crippen LogP contribution is 2.40. The predicted molar refractivity (Wildman–Crippen MR) is 117 cm³/mol. The molecule has 1 aliphatic carbocycles. The summed E-state index contributed by atoms with van der Waals surface area (Å²) in [5, 5.41) is 5.21. The van der Waals surface area contributed by atoms with Crippen molar-refractivity contribution in [3.63, 3.8) is 0 Å². The summed E-state index contributed by atoms with van der Waals surface area (Å²) in [6.07, 6.45) is 4.91. The highest BCUT2D eigenvalue weighted by atomic mass is 16.3. The summed E-state index contributed by atoms with van der Waals surface area (Å²) >= 11 is 0. The van der Waals surface area contributed by atoms with Gasteiger partial charge in [0.1, 0.15) is 5.76 Å². The van der Waals surface area contributed by atoms with E-state index in [1.807, 2.05) is 12.1 Å². The van der Waals surface area contributed by atoms with E-state index >= 15 is 0 Å². The van der Waals surface area contributed by atoms with Crippen molar-refractivity contribution in [2.75, 3.05) is 0 Å². The van der Waals surface area contributed by atoms with E-state index in [1.54, 1.807) is 6.26 Å². The van der Waals surface area contributed by atoms with Crippen molar-refractivity contribution in [2.24, 2.45) is 0 Å². The SMILES string of the molecule is C1=C(c2ccco2)Cc2c1cccc2-c1cccc2c1ccc1ccccc12. The van der Waals surface area contributed by atoms with Crippen molar-refractivity contribution < 1.29 is 4.42 Å². The van der Waals surface area contributed by atoms with Gasteiger partial charge in [0.15, 0.2) is 0 Å². The molecule has 0 amide bonds. The molecule has 0 saturated carbocycles. The Kier molecular flexibility index (Phi) is 3.30. The molecule has 0 aliphatic heterocycles. The molecule has 4 aromatic carbocycles. The van der Waals surface area contributed by atoms with Gasteiger partial charge in [0.2, 0.25) is 0 Å². The molecule has 0 unspecified atom stereocenters. The van der Waals surface area contributed by atoms with Gasteiger partial charge in [-0.3, -0.25) is 0 Å². The lowest BCUT2D eigenvalue weighted by Gasteiger charge is -2.13. The van der Waals surface area contributed by atoms with E-state index in [0.29, 0.717) is 0 Å². The quantitative estimate of drug-likeness (QED) is 0.301. The van der Waals surface area contributed by atoms with Crippen molar-refractivity contribution in [1.82, 2.24) is 0 Å². The number of fused-ring (bicyclic) bond motifs is 4. The smallest absolute Gasteiger partial charge is 0.130 e. The van der Waals surface area contributed by atoms with Crippen LogP contribution >= 0.6 is 0 Å². The average Bonchev–Trinajstić information content (AvgIpc) is 3.42. The van der Waals surface area contributed by atoms with Crippen LogP contribution in [0.5, 0.6) is 0 Å². The van der Waals surface area contributed by atoms with Crippen LogP contribution in [0.4, 0.5) is 0 Å². The van der Waals surface area contributed by atoms with Crippen LogP contribution in [-0.2, 0) is 6.42 Å². The molecule has 0 atom stereocenters. The van der Waals surface area contributed by atoms with Gasteiger partial charge < -0.3 is 4.42 Å². The monoisotopic (exact) mass is 358 g/mol. The zero-order valence-electron chi connectivity index (χ0n) is 15.4. The fraction of sp³-hybridized carbons (Fsp3) is 0.0370. The van der Waals surface area contributed by atoms with Crippen LogP contribution in [0.15, 0.2) is 95.6 Å². The lowest BCUT2D eigenvalue weighted by atomic mass is 9.90. The minimum absolute atomic E-state index is 0.906. The Hall–Kier alpha value is -3.58. The van der Waals surface area contributed by atoms with Crippen molar-refractivity contribution in [1.29, 1.82) is 0 Å². The number of benzene rings is 4. The molecule has 0 saturated heterocycles. The van der Waals surface area contributed by atoms with Crippen molar-refractivity contribution in [3.8, 4) is 11.1 Å². The molecule has 1 aliphatic rings. The van der Waals surface area contributed by atoms with Gasteiger partial charge in [-0.1, -0.05) is 72.8 Å². The summed E-state index contributed by atoms with van der Waals surface area (Å²) in [5.41, 5.74) is 6.54. The van der Waals surface area contributed by atoms with Crippen LogP contribution in [-0.4, -0.2) is 0 Å². The van der Waals surface area contributed by atoms with E-state index in [0.717, 1.165) is 12.2 Å². The Bertz CT molecular complexity index is 1370. The molecule has 1 heterocycles. The van der Waals surface area contributed by atoms with E-state index in [-0.39, 0.29) is 0 Å². The summed E-state index contributed by atoms with van der Waals surface area (Å²) in [6.45, 7) is 0. The minimum Gasteiger partial charge on any atom is -0.465 e. The maximum Gasteiger partial charge on any atom is 0.130 e. The first kappa shape index (κ1) is 15.5. The maximum atomic E-state index is 5.64. The van der Waals surface area contributed by atoms with Gasteiger partial charge in [-0.2, -0.15) is 0 Å². The standard InChI is InChI=1S/C27H18O/c1-2-8-21-18(6-1)13-14-25-22(21)10-4-11-23(25)24-9-3-7-19-16-20(17-26(19)24)27-12-5-15-28-27/h1-16H,17H2. The van der Waals surface area contributed by atoms with E-state index in [4.69, 9.17) is 4.42 Å². The van der Waals surface area contributed by atoms with Gasteiger partial charge in [0, 0.05) is 6.42 Å². The van der Waals surface area contributed by atoms with Gasteiger partial charge in [-0.25, -0.2) is 0 Å². The summed E-state index contributed by atoms with van der Waals surface area (Å²) < 4.78 is 5.64. The van der Waals surface area contributed by atoms with Gasteiger partial charge in [-0.05, 0) is 67.6 Å². The van der Waals surface area contributed by atoms with Crippen LogP contribution in [0.2, 0.25) is 0 Å². The Morgan fingerprint density at radius 2 is 1.46 bits per heavy atom. The molecular formula is C27H18O. The fourth-order valence-electron chi connectivity index (χ4n) is 4.51. The second-order valence-corrected chi connectivity index (χ2v) is 7.38. The number of furan rings is 1. The third kappa shape index (κ3) is 2.26. The topological polar surface area (TPSA) is 13.1 Å². The molecule has 0 radical (unpaired) electrons. The molecule has 0 bridgehead atoms. The number of hydrogen-bond acceptors (Lipinski definition) is 1. The normalized spacial score (nSPS) is 13.1. The molecule has 1 aromatic heterocycles. The Labute approximate surface area is 163 Å². The maximum absolute atomic E-state index is 5.64. The zero-order chi connectivity index (χ0) is 18.5. The largest absolute Gasteiger partial charge is 0.465 e. The van der Waals surface area contributed by atoms with Crippen LogP contribution in [0.1, 0.15) is 16.9 Å². The summed E-state index contributed by atoms with van der Waals surface area (Å²) in [5.74, 6) is 0.964. The highest BCUT2D eigenvalue weighted by molar-refractivity contribution is 6.12. The average molecular weight is 358 g/mol. The second kappa shape index (κ2) is 5.97. The summed E-state index contributed by atoms with van der Waals surface area (Å²) in [7, 11) is 0. The Morgan fingerprint density at radius 3 is 2.39 bits per heavy atom. The molecule has 28 heavy (non-hydrogen) atoms. The molecule has 0 N–H and O–H groups in total. The molecule has 132 valence electrons. The first-order chi connectivity index (χ1) is 13.9. The van der Waals surface area contributed by atoms with Crippen molar-refractivity contribution >= 4 is 33.2 Å². The van der Waals surface area contributed by atoms with Crippen molar-refractivity contribution in [2.45, 2.75) is 6.42 Å². The van der Waals surface area contributed by atoms with Gasteiger partial charge >= 0.3 is 0 Å². The molecule has 1 nitrogen and oxygen atoms in total. The fourth-order valence-corrected chi connectivity index (χ4v) is 4.51. The predicted octanol–water partition coefficient (Wildman–Crippen LogP) is 7.35. The van der Waals surface area contributed by atoms with Gasteiger partial charge in [0.05, 0.1) is 6.26 Å². The van der Waals surface area contributed by atoms with Gasteiger partial charge in [0.25, 0.3) is 0 Å². The molecule has 5 aromatic rings. The van der Waals surface area contributed by atoms with Gasteiger partial charge in [-0.15, -0.1) is 0 Å². The second-order valence-electron chi connectivity index (χ2n) is 7.38. The van der Waals surface area contributed by atoms with Crippen LogP contribution < -0.4 is 0 Å². The highest BCUT2D eigenvalue weighted by Gasteiger charge is 2.20. The molecule has 6 rings (SSSR count). The third-order valence-electron chi connectivity index (χ3n) is 5.82. The van der Waals surface area contributed by atoms with E-state index in [1.165, 1.54) is 49.4 Å². The third-order valence-corrected chi connectivity index (χ3v) is 5.82. The first-order valence-corrected chi connectivity index (χ1v) is 9.66. The number of allylic oxidation sites excluding steroid dienone is 1. The Balaban J connectivity index is 1.56. The van der Waals surface area contributed by atoms with Crippen LogP contribution in [0.25, 0.3) is 44.3 Å². The molecule has 1 heteroatoms. The molecule has 0 spiro atoms. The lowest BCUT2D eigenvalue weighted by Crippen LogP contribution is -1.91. The number of hydrogen-bond donors (Lipinski definition) is 0. The van der Waals surface area contributed by atoms with E-state index < -0.39 is 0 Å². The summed E-state index contributed by atoms with van der Waals surface area (Å²) in [6, 6.07) is 30.4. The molecule has 0 fully saturated rings. The number of rotatable bonds is 2. The summed E-state index contributed by atoms with van der Waals surface area (Å²) in [4.78, 5) is 0. The first-order valence-electron chi connectivity index (χ1n) is 9.66. The Morgan fingerprint density at radius 1 is 0.607 bits per heavy atom. The van der Waals surface area contributed by atoms with Crippen LogP contribution in [0.3, 0.4) is 0 Å². The van der Waals surface area contributed by atoms with Crippen LogP contribution in [0, 0.1) is 0 Å².